The van der Waals surface area contributed by atoms with Crippen molar-refractivity contribution in [3.63, 3.8) is 0 Å². The number of carbonyl (C=O) groups is 1. The molecule has 0 aliphatic carbocycles. The molecule has 0 aliphatic rings. The fourth-order valence-electron chi connectivity index (χ4n) is 1.87. The SMILES string of the molecule is CCNC(C)(CCCCSc1ccc(Cl)cn1)C(=O)O. The maximum atomic E-state index is 11.2. The van der Waals surface area contributed by atoms with Crippen LogP contribution >= 0.6 is 23.4 Å². The normalized spacial score (nSPS) is 13.9. The number of halogens is 1. The Balaban J connectivity index is 2.27. The Morgan fingerprint density at radius 2 is 2.25 bits per heavy atom. The standard InChI is InChI=1S/C14H21ClN2O2S/c1-3-17-14(2,13(18)19)8-4-5-9-20-12-7-6-11(15)10-16-12/h6-7,10,17H,3-5,8-9H2,1-2H3,(H,18,19). The Kier molecular flexibility index (Phi) is 7.34. The van der Waals surface area contributed by atoms with E-state index < -0.39 is 11.5 Å². The highest BCUT2D eigenvalue weighted by molar-refractivity contribution is 7.99. The number of hydrogen-bond acceptors (Lipinski definition) is 4. The van der Waals surface area contributed by atoms with Crippen LogP contribution in [-0.2, 0) is 4.79 Å². The summed E-state index contributed by atoms with van der Waals surface area (Å²) in [4.78, 5) is 15.4. The van der Waals surface area contributed by atoms with Gasteiger partial charge in [0, 0.05) is 6.20 Å². The van der Waals surface area contributed by atoms with Gasteiger partial charge in [0.2, 0.25) is 0 Å². The number of carboxylic acid groups (broad SMARTS) is 1. The van der Waals surface area contributed by atoms with Crippen molar-refractivity contribution in [3.05, 3.63) is 23.4 Å². The quantitative estimate of drug-likeness (QED) is 0.539. The Labute approximate surface area is 129 Å². The van der Waals surface area contributed by atoms with Crippen molar-refractivity contribution in [1.82, 2.24) is 10.3 Å². The van der Waals surface area contributed by atoms with Gasteiger partial charge >= 0.3 is 5.97 Å². The van der Waals surface area contributed by atoms with E-state index >= 15 is 0 Å². The fraction of sp³-hybridized carbons (Fsp3) is 0.571. The van der Waals surface area contributed by atoms with Crippen LogP contribution in [0.25, 0.3) is 0 Å². The maximum Gasteiger partial charge on any atom is 0.323 e. The lowest BCUT2D eigenvalue weighted by molar-refractivity contribution is -0.144. The summed E-state index contributed by atoms with van der Waals surface area (Å²) in [6.45, 7) is 4.32. The number of thioether (sulfide) groups is 1. The highest BCUT2D eigenvalue weighted by Crippen LogP contribution is 2.20. The number of aromatic nitrogens is 1. The molecule has 1 rings (SSSR count). The number of likely N-dealkylation sites (N-methyl/N-ethyl adjacent to an activating group) is 1. The number of nitrogens with one attached hydrogen (secondary N) is 1. The van der Waals surface area contributed by atoms with Crippen molar-refractivity contribution in [3.8, 4) is 0 Å². The average molecular weight is 317 g/mol. The smallest absolute Gasteiger partial charge is 0.323 e. The molecule has 0 fully saturated rings. The Morgan fingerprint density at radius 3 is 2.80 bits per heavy atom. The van der Waals surface area contributed by atoms with Crippen molar-refractivity contribution in [1.29, 1.82) is 0 Å². The minimum absolute atomic E-state index is 0.630. The lowest BCUT2D eigenvalue weighted by Gasteiger charge is -2.25. The van der Waals surface area contributed by atoms with Gasteiger partial charge in [-0.05, 0) is 44.2 Å². The summed E-state index contributed by atoms with van der Waals surface area (Å²) in [5.74, 6) is 0.141. The first-order chi connectivity index (χ1) is 9.48. The minimum Gasteiger partial charge on any atom is -0.480 e. The molecule has 0 saturated carbocycles. The van der Waals surface area contributed by atoms with Gasteiger partial charge in [0.1, 0.15) is 5.54 Å². The van der Waals surface area contributed by atoms with E-state index in [1.807, 2.05) is 19.1 Å². The number of unbranched alkanes of at least 4 members (excludes halogenated alkanes) is 1. The summed E-state index contributed by atoms with van der Waals surface area (Å²) in [7, 11) is 0. The largest absolute Gasteiger partial charge is 0.480 e. The lowest BCUT2D eigenvalue weighted by atomic mass is 9.95. The number of hydrogen-bond donors (Lipinski definition) is 2. The van der Waals surface area contributed by atoms with Crippen LogP contribution in [0.5, 0.6) is 0 Å². The highest BCUT2D eigenvalue weighted by Gasteiger charge is 2.30. The lowest BCUT2D eigenvalue weighted by Crippen LogP contribution is -2.49. The summed E-state index contributed by atoms with van der Waals surface area (Å²) in [6.07, 6.45) is 4.10. The van der Waals surface area contributed by atoms with E-state index in [4.69, 9.17) is 11.6 Å². The third-order valence-electron chi connectivity index (χ3n) is 3.06. The number of aliphatic carboxylic acids is 1. The zero-order valence-corrected chi connectivity index (χ0v) is 13.4. The molecule has 0 aromatic carbocycles. The molecule has 0 amide bonds. The monoisotopic (exact) mass is 316 g/mol. The first-order valence-corrected chi connectivity index (χ1v) is 8.07. The molecule has 4 nitrogen and oxygen atoms in total. The fourth-order valence-corrected chi connectivity index (χ4v) is 2.83. The molecular weight excluding hydrogens is 296 g/mol. The van der Waals surface area contributed by atoms with Crippen molar-refractivity contribution in [2.24, 2.45) is 0 Å². The third-order valence-corrected chi connectivity index (χ3v) is 4.31. The van der Waals surface area contributed by atoms with Gasteiger partial charge in [0.15, 0.2) is 0 Å². The second kappa shape index (κ2) is 8.49. The van der Waals surface area contributed by atoms with E-state index in [1.54, 1.807) is 24.9 Å². The topological polar surface area (TPSA) is 62.2 Å². The van der Waals surface area contributed by atoms with Gasteiger partial charge in [-0.15, -0.1) is 11.8 Å². The van der Waals surface area contributed by atoms with E-state index in [-0.39, 0.29) is 0 Å². The van der Waals surface area contributed by atoms with Crippen LogP contribution in [0, 0.1) is 0 Å². The highest BCUT2D eigenvalue weighted by atomic mass is 35.5. The Bertz CT molecular complexity index is 428. The van der Waals surface area contributed by atoms with E-state index in [9.17, 15) is 9.90 Å². The Morgan fingerprint density at radius 1 is 1.50 bits per heavy atom. The molecule has 0 spiro atoms. The summed E-state index contributed by atoms with van der Waals surface area (Å²) in [5.41, 5.74) is -0.821. The third kappa shape index (κ3) is 5.69. The van der Waals surface area contributed by atoms with Crippen molar-refractivity contribution in [2.75, 3.05) is 12.3 Å². The van der Waals surface area contributed by atoms with Gasteiger partial charge in [-0.25, -0.2) is 4.98 Å². The van der Waals surface area contributed by atoms with E-state index in [0.717, 1.165) is 23.6 Å². The van der Waals surface area contributed by atoms with Gasteiger partial charge in [-0.1, -0.05) is 24.9 Å². The molecule has 1 atom stereocenters. The molecule has 20 heavy (non-hydrogen) atoms. The Hall–Kier alpha value is -0.780. The first kappa shape index (κ1) is 17.3. The van der Waals surface area contributed by atoms with Crippen LogP contribution in [0.15, 0.2) is 23.4 Å². The summed E-state index contributed by atoms with van der Waals surface area (Å²) >= 11 is 7.43. The number of rotatable bonds is 9. The maximum absolute atomic E-state index is 11.2. The molecular formula is C14H21ClN2O2S. The second-order valence-corrected chi connectivity index (χ2v) is 6.34. The molecule has 1 aromatic heterocycles. The molecule has 1 unspecified atom stereocenters. The van der Waals surface area contributed by atoms with Crippen LogP contribution in [-0.4, -0.2) is 33.9 Å². The zero-order chi connectivity index (χ0) is 15.0. The van der Waals surface area contributed by atoms with Gasteiger partial charge in [0.05, 0.1) is 10.0 Å². The van der Waals surface area contributed by atoms with Crippen LogP contribution in [0.2, 0.25) is 5.02 Å². The van der Waals surface area contributed by atoms with Crippen molar-refractivity contribution >= 4 is 29.3 Å². The minimum atomic E-state index is -0.821. The number of pyridine rings is 1. The molecule has 2 N–H and O–H groups in total. The molecule has 0 radical (unpaired) electrons. The molecule has 1 heterocycles. The van der Waals surface area contributed by atoms with Crippen molar-refractivity contribution < 1.29 is 9.90 Å². The summed E-state index contributed by atoms with van der Waals surface area (Å²) in [5, 5.41) is 13.9. The number of nitrogens with zero attached hydrogens (tertiary/aromatic N) is 1. The van der Waals surface area contributed by atoms with E-state index in [2.05, 4.69) is 10.3 Å². The summed E-state index contributed by atoms with van der Waals surface area (Å²) in [6, 6.07) is 3.72. The molecule has 112 valence electrons. The van der Waals surface area contributed by atoms with Crippen molar-refractivity contribution in [2.45, 2.75) is 43.7 Å². The zero-order valence-electron chi connectivity index (χ0n) is 11.9. The molecule has 1 aromatic rings. The molecule has 0 saturated heterocycles. The molecule has 0 bridgehead atoms. The van der Waals surface area contributed by atoms with E-state index in [1.165, 1.54) is 0 Å². The van der Waals surface area contributed by atoms with Gasteiger partial charge in [0.25, 0.3) is 0 Å². The van der Waals surface area contributed by atoms with Gasteiger partial charge in [-0.2, -0.15) is 0 Å². The molecule has 0 aliphatic heterocycles. The van der Waals surface area contributed by atoms with Gasteiger partial charge < -0.3 is 10.4 Å². The van der Waals surface area contributed by atoms with Crippen LogP contribution < -0.4 is 5.32 Å². The summed E-state index contributed by atoms with van der Waals surface area (Å²) < 4.78 is 0. The second-order valence-electron chi connectivity index (χ2n) is 4.79. The van der Waals surface area contributed by atoms with E-state index in [0.29, 0.717) is 18.0 Å². The van der Waals surface area contributed by atoms with Crippen LogP contribution in [0.3, 0.4) is 0 Å². The molecule has 6 heteroatoms. The predicted molar refractivity (Wildman–Crippen MR) is 83.5 cm³/mol. The van der Waals surface area contributed by atoms with Crippen LogP contribution in [0.4, 0.5) is 0 Å². The number of carboxylic acids is 1. The van der Waals surface area contributed by atoms with Gasteiger partial charge in [-0.3, -0.25) is 4.79 Å². The first-order valence-electron chi connectivity index (χ1n) is 6.70. The van der Waals surface area contributed by atoms with Crippen LogP contribution in [0.1, 0.15) is 33.1 Å². The predicted octanol–water partition coefficient (Wildman–Crippen LogP) is 3.45. The average Bonchev–Trinajstić information content (AvgIpc) is 2.40.